The second-order valence-electron chi connectivity index (χ2n) is 2.65. The molecule has 0 N–H and O–H groups in total. The van der Waals surface area contributed by atoms with Crippen LogP contribution in [0.4, 0.5) is 4.39 Å². The Morgan fingerprint density at radius 2 is 2.20 bits per heavy atom. The van der Waals surface area contributed by atoms with E-state index >= 15 is 0 Å². The van der Waals surface area contributed by atoms with Gasteiger partial charge in [-0.05, 0) is 0 Å². The van der Waals surface area contributed by atoms with E-state index in [1.165, 1.54) is 19.3 Å². The van der Waals surface area contributed by atoms with E-state index in [9.17, 15) is 4.39 Å². The lowest BCUT2D eigenvalue weighted by molar-refractivity contribution is 0.586. The smallest absolute Gasteiger partial charge is 0.0971 e. The number of unbranched alkanes of at least 4 members (excludes halogenated alkanes) is 2. The Morgan fingerprint density at radius 3 is 2.60 bits per heavy atom. The van der Waals surface area contributed by atoms with Crippen molar-refractivity contribution in [1.29, 1.82) is 0 Å². The van der Waals surface area contributed by atoms with Crippen molar-refractivity contribution in [2.45, 2.75) is 32.2 Å². The summed E-state index contributed by atoms with van der Waals surface area (Å²) < 4.78 is 12.1. The topological polar surface area (TPSA) is 0 Å². The lowest BCUT2D eigenvalue weighted by Gasteiger charge is -2.03. The van der Waals surface area contributed by atoms with Gasteiger partial charge in [-0.15, -0.1) is 12.3 Å². The molecule has 0 aliphatic carbocycles. The standard InChI is InChI=1S/C8H17FSi/c1-3-5-6-7-10(4-2)8-9/h4,10H,2-3,5-8H2,1H3. The van der Waals surface area contributed by atoms with Crippen LogP contribution in [0.5, 0.6) is 0 Å². The maximum absolute atomic E-state index is 12.1. The monoisotopic (exact) mass is 160 g/mol. The highest BCUT2D eigenvalue weighted by atomic mass is 28.3. The Labute approximate surface area is 64.7 Å². The Kier molecular flexibility index (Phi) is 6.92. The first kappa shape index (κ1) is 9.89. The van der Waals surface area contributed by atoms with Gasteiger partial charge in [-0.3, -0.25) is 4.39 Å². The molecule has 0 saturated carbocycles. The number of alkyl halides is 1. The van der Waals surface area contributed by atoms with Crippen LogP contribution in [0.2, 0.25) is 6.04 Å². The fourth-order valence-electron chi connectivity index (χ4n) is 0.915. The van der Waals surface area contributed by atoms with Gasteiger partial charge in [0.1, 0.15) is 0 Å². The highest BCUT2D eigenvalue weighted by Gasteiger charge is 2.03. The summed E-state index contributed by atoms with van der Waals surface area (Å²) in [5, 5.41) is 0. The molecule has 0 heterocycles. The van der Waals surface area contributed by atoms with Crippen LogP contribution in [0, 0.1) is 0 Å². The van der Waals surface area contributed by atoms with E-state index in [1.54, 1.807) is 0 Å². The summed E-state index contributed by atoms with van der Waals surface area (Å²) >= 11 is 0. The molecule has 0 aliphatic rings. The quantitative estimate of drug-likeness (QED) is 0.414. The van der Waals surface area contributed by atoms with Gasteiger partial charge in [0.05, 0.1) is 15.1 Å². The van der Waals surface area contributed by atoms with Gasteiger partial charge in [-0.1, -0.05) is 32.2 Å². The zero-order valence-electron chi connectivity index (χ0n) is 6.78. The van der Waals surface area contributed by atoms with E-state index in [1.807, 2.05) is 5.70 Å². The van der Waals surface area contributed by atoms with Crippen molar-refractivity contribution in [2.24, 2.45) is 0 Å². The van der Waals surface area contributed by atoms with Crippen molar-refractivity contribution in [3.63, 3.8) is 0 Å². The molecule has 2 heteroatoms. The summed E-state index contributed by atoms with van der Waals surface area (Å²) in [5.74, 6) is 0. The third-order valence-electron chi connectivity index (χ3n) is 1.71. The van der Waals surface area contributed by atoms with Crippen molar-refractivity contribution in [3.8, 4) is 0 Å². The maximum atomic E-state index is 12.1. The Balaban J connectivity index is 3.17. The van der Waals surface area contributed by atoms with Crippen LogP contribution in [-0.2, 0) is 0 Å². The van der Waals surface area contributed by atoms with Crippen LogP contribution < -0.4 is 0 Å². The summed E-state index contributed by atoms with van der Waals surface area (Å²) in [6.07, 6.45) is 3.57. The van der Waals surface area contributed by atoms with Crippen LogP contribution >= 0.6 is 0 Å². The average Bonchev–Trinajstić information content (AvgIpc) is 1.99. The molecule has 0 radical (unpaired) electrons. The molecular formula is C8H17FSi. The first-order valence-corrected chi connectivity index (χ1v) is 6.33. The van der Waals surface area contributed by atoms with Gasteiger partial charge >= 0.3 is 0 Å². The minimum Gasteiger partial charge on any atom is -0.255 e. The fraction of sp³-hybridized carbons (Fsp3) is 0.750. The SMILES string of the molecule is C=C[SiH](CF)CCCCC. The molecule has 10 heavy (non-hydrogen) atoms. The first-order valence-electron chi connectivity index (χ1n) is 4.03. The van der Waals surface area contributed by atoms with Gasteiger partial charge in [0.15, 0.2) is 0 Å². The molecule has 0 saturated heterocycles. The van der Waals surface area contributed by atoms with E-state index in [2.05, 4.69) is 13.5 Å². The molecule has 0 amide bonds. The maximum Gasteiger partial charge on any atom is 0.0971 e. The Hall–Kier alpha value is -0.113. The van der Waals surface area contributed by atoms with Crippen LogP contribution in [0.15, 0.2) is 12.3 Å². The highest BCUT2D eigenvalue weighted by Crippen LogP contribution is 2.04. The molecule has 0 nitrogen and oxygen atoms in total. The summed E-state index contributed by atoms with van der Waals surface area (Å²) in [7, 11) is -1.13. The van der Waals surface area contributed by atoms with E-state index in [-0.39, 0.29) is 6.30 Å². The summed E-state index contributed by atoms with van der Waals surface area (Å²) in [4.78, 5) is 0. The minimum atomic E-state index is -1.13. The second kappa shape index (κ2) is 7.00. The molecule has 0 bridgehead atoms. The number of halogens is 1. The molecule has 0 aromatic heterocycles. The van der Waals surface area contributed by atoms with Gasteiger partial charge in [0.25, 0.3) is 0 Å². The Bertz CT molecular complexity index is 83.3. The fourth-order valence-corrected chi connectivity index (χ4v) is 2.24. The van der Waals surface area contributed by atoms with E-state index in [0.29, 0.717) is 0 Å². The molecule has 1 atom stereocenters. The van der Waals surface area contributed by atoms with Gasteiger partial charge in [0.2, 0.25) is 0 Å². The van der Waals surface area contributed by atoms with Crippen LogP contribution in [-0.4, -0.2) is 15.1 Å². The average molecular weight is 160 g/mol. The molecule has 1 unspecified atom stereocenters. The van der Waals surface area contributed by atoms with Gasteiger partial charge in [0, 0.05) is 0 Å². The molecule has 0 rings (SSSR count). The van der Waals surface area contributed by atoms with E-state index < -0.39 is 8.80 Å². The van der Waals surface area contributed by atoms with E-state index in [0.717, 1.165) is 6.04 Å². The van der Waals surface area contributed by atoms with Crippen LogP contribution in [0.1, 0.15) is 26.2 Å². The number of hydrogen-bond acceptors (Lipinski definition) is 0. The Morgan fingerprint density at radius 1 is 1.50 bits per heavy atom. The molecular weight excluding hydrogens is 143 g/mol. The third kappa shape index (κ3) is 4.74. The second-order valence-corrected chi connectivity index (χ2v) is 5.52. The normalized spacial score (nSPS) is 13.0. The molecule has 0 aromatic carbocycles. The third-order valence-corrected chi connectivity index (χ3v) is 3.92. The largest absolute Gasteiger partial charge is 0.255 e. The number of rotatable bonds is 6. The zero-order valence-corrected chi connectivity index (χ0v) is 7.93. The zero-order chi connectivity index (χ0) is 7.82. The van der Waals surface area contributed by atoms with Crippen molar-refractivity contribution >= 4 is 8.80 Å². The lowest BCUT2D eigenvalue weighted by atomic mass is 10.3. The van der Waals surface area contributed by atoms with E-state index in [4.69, 9.17) is 0 Å². The van der Waals surface area contributed by atoms with Crippen LogP contribution in [0.3, 0.4) is 0 Å². The van der Waals surface area contributed by atoms with Gasteiger partial charge in [-0.25, -0.2) is 0 Å². The van der Waals surface area contributed by atoms with Crippen molar-refractivity contribution in [3.05, 3.63) is 12.3 Å². The van der Waals surface area contributed by atoms with Gasteiger partial charge in [-0.2, -0.15) is 0 Å². The predicted octanol–water partition coefficient (Wildman–Crippen LogP) is 2.64. The molecule has 0 spiro atoms. The summed E-state index contributed by atoms with van der Waals surface area (Å²) in [6, 6.07) is 1.10. The van der Waals surface area contributed by atoms with Crippen molar-refractivity contribution in [2.75, 3.05) is 6.30 Å². The minimum absolute atomic E-state index is 0.104. The summed E-state index contributed by atoms with van der Waals surface area (Å²) in [6.45, 7) is 5.80. The van der Waals surface area contributed by atoms with Crippen molar-refractivity contribution in [1.82, 2.24) is 0 Å². The lowest BCUT2D eigenvalue weighted by Crippen LogP contribution is -2.11. The highest BCUT2D eigenvalue weighted by molar-refractivity contribution is 6.63. The molecule has 0 fully saturated rings. The first-order chi connectivity index (χ1) is 4.85. The molecule has 0 aliphatic heterocycles. The molecule has 60 valence electrons. The van der Waals surface area contributed by atoms with Gasteiger partial charge < -0.3 is 0 Å². The number of hydrogen-bond donors (Lipinski definition) is 0. The molecule has 0 aromatic rings. The predicted molar refractivity (Wildman–Crippen MR) is 47.7 cm³/mol. The van der Waals surface area contributed by atoms with Crippen LogP contribution in [0.25, 0.3) is 0 Å². The summed E-state index contributed by atoms with van der Waals surface area (Å²) in [5.41, 5.74) is 1.86. The van der Waals surface area contributed by atoms with Crippen molar-refractivity contribution < 1.29 is 4.39 Å².